The van der Waals surface area contributed by atoms with E-state index < -0.39 is 5.82 Å². The summed E-state index contributed by atoms with van der Waals surface area (Å²) in [7, 11) is 1.55. The molecule has 0 unspecified atom stereocenters. The molecular formula is C19H16ClFN2O2S. The molecule has 1 fully saturated rings. The third-order valence-electron chi connectivity index (χ3n) is 3.75. The molecule has 4 nitrogen and oxygen atoms in total. The number of hydrogen-bond donors (Lipinski definition) is 0. The third kappa shape index (κ3) is 3.76. The van der Waals surface area contributed by atoms with E-state index in [4.69, 9.17) is 16.3 Å². The van der Waals surface area contributed by atoms with Gasteiger partial charge in [0, 0.05) is 17.1 Å². The van der Waals surface area contributed by atoms with Gasteiger partial charge < -0.3 is 4.74 Å². The van der Waals surface area contributed by atoms with E-state index in [0.29, 0.717) is 33.0 Å². The average molecular weight is 391 g/mol. The zero-order valence-corrected chi connectivity index (χ0v) is 15.8. The number of likely N-dealkylation sites (N-methyl/N-ethyl adjacent to an activating group) is 1. The molecule has 0 N–H and O–H groups in total. The lowest BCUT2D eigenvalue weighted by molar-refractivity contribution is -0.122. The largest absolute Gasteiger partial charge is 0.496 e. The summed E-state index contributed by atoms with van der Waals surface area (Å²) in [5.41, 5.74) is 0.891. The van der Waals surface area contributed by atoms with Crippen molar-refractivity contribution in [3.63, 3.8) is 0 Å². The van der Waals surface area contributed by atoms with Gasteiger partial charge in [0.25, 0.3) is 5.91 Å². The van der Waals surface area contributed by atoms with Crippen molar-refractivity contribution in [3.8, 4) is 5.75 Å². The molecule has 7 heteroatoms. The first-order valence-electron chi connectivity index (χ1n) is 7.91. The number of amides is 1. The van der Waals surface area contributed by atoms with Gasteiger partial charge in [-0.1, -0.05) is 23.7 Å². The minimum absolute atomic E-state index is 0.186. The lowest BCUT2D eigenvalue weighted by Gasteiger charge is -2.12. The molecule has 1 aliphatic rings. The highest BCUT2D eigenvalue weighted by atomic mass is 35.5. The average Bonchev–Trinajstić information content (AvgIpc) is 2.92. The minimum Gasteiger partial charge on any atom is -0.496 e. The van der Waals surface area contributed by atoms with Crippen molar-refractivity contribution in [2.75, 3.05) is 13.7 Å². The molecule has 0 atom stereocenters. The predicted molar refractivity (Wildman–Crippen MR) is 104 cm³/mol. The second kappa shape index (κ2) is 7.93. The molecule has 0 radical (unpaired) electrons. The van der Waals surface area contributed by atoms with Crippen molar-refractivity contribution >= 4 is 46.2 Å². The molecular weight excluding hydrogens is 375 g/mol. The van der Waals surface area contributed by atoms with Gasteiger partial charge in [-0.2, -0.15) is 0 Å². The maximum Gasteiger partial charge on any atom is 0.266 e. The molecule has 1 saturated heterocycles. The van der Waals surface area contributed by atoms with E-state index in [1.54, 1.807) is 49.6 Å². The number of hydrogen-bond acceptors (Lipinski definition) is 4. The standard InChI is InChI=1S/C19H16ClFN2O2S/c1-3-23-18(24)17(11-12-10-13(20)8-9-16(12)25-2)26-19(23)22-15-7-5-4-6-14(15)21/h4-11H,3H2,1-2H3/b17-11+,22-19?. The van der Waals surface area contributed by atoms with E-state index in [1.165, 1.54) is 22.7 Å². The minimum atomic E-state index is -0.432. The van der Waals surface area contributed by atoms with Gasteiger partial charge in [-0.15, -0.1) is 0 Å². The highest BCUT2D eigenvalue weighted by Gasteiger charge is 2.32. The van der Waals surface area contributed by atoms with Crippen molar-refractivity contribution in [1.29, 1.82) is 0 Å². The van der Waals surface area contributed by atoms with E-state index in [1.807, 2.05) is 6.92 Å². The number of aliphatic imine (C=N–C) groups is 1. The van der Waals surface area contributed by atoms with Crippen molar-refractivity contribution < 1.29 is 13.9 Å². The monoisotopic (exact) mass is 390 g/mol. The van der Waals surface area contributed by atoms with E-state index in [-0.39, 0.29) is 11.6 Å². The molecule has 2 aromatic rings. The van der Waals surface area contributed by atoms with Crippen LogP contribution >= 0.6 is 23.4 Å². The molecule has 134 valence electrons. The van der Waals surface area contributed by atoms with Crippen LogP contribution in [0.25, 0.3) is 6.08 Å². The first kappa shape index (κ1) is 18.5. The van der Waals surface area contributed by atoms with E-state index in [9.17, 15) is 9.18 Å². The molecule has 1 heterocycles. The third-order valence-corrected chi connectivity index (χ3v) is 4.99. The zero-order chi connectivity index (χ0) is 18.7. The second-order valence-corrected chi connectivity index (χ2v) is 6.84. The van der Waals surface area contributed by atoms with Gasteiger partial charge in [0.05, 0.1) is 12.0 Å². The van der Waals surface area contributed by atoms with Gasteiger partial charge in [0.15, 0.2) is 5.17 Å². The fourth-order valence-electron chi connectivity index (χ4n) is 2.47. The molecule has 0 aliphatic carbocycles. The molecule has 3 rings (SSSR count). The highest BCUT2D eigenvalue weighted by Crippen LogP contribution is 2.36. The number of halogens is 2. The Labute approximate surface area is 160 Å². The van der Waals surface area contributed by atoms with Crippen molar-refractivity contribution in [3.05, 3.63) is 63.8 Å². The molecule has 0 aromatic heterocycles. The van der Waals surface area contributed by atoms with Gasteiger partial charge in [-0.05, 0) is 55.1 Å². The first-order valence-corrected chi connectivity index (χ1v) is 9.11. The number of carbonyl (C=O) groups excluding carboxylic acids is 1. The summed E-state index contributed by atoms with van der Waals surface area (Å²) < 4.78 is 19.2. The van der Waals surface area contributed by atoms with Crippen LogP contribution in [0.2, 0.25) is 5.02 Å². The lowest BCUT2D eigenvalue weighted by atomic mass is 10.2. The topological polar surface area (TPSA) is 41.9 Å². The Morgan fingerprint density at radius 2 is 2.08 bits per heavy atom. The molecule has 2 aromatic carbocycles. The molecule has 0 bridgehead atoms. The summed E-state index contributed by atoms with van der Waals surface area (Å²) >= 11 is 7.25. The summed E-state index contributed by atoms with van der Waals surface area (Å²) in [4.78, 5) is 19.0. The normalized spacial score (nSPS) is 17.4. The molecule has 0 spiro atoms. The molecule has 26 heavy (non-hydrogen) atoms. The lowest BCUT2D eigenvalue weighted by Crippen LogP contribution is -2.28. The van der Waals surface area contributed by atoms with Crippen LogP contribution in [0.1, 0.15) is 12.5 Å². The SMILES string of the molecule is CCN1C(=O)/C(=C\c2cc(Cl)ccc2OC)SC1=Nc1ccccc1F. The summed E-state index contributed by atoms with van der Waals surface area (Å²) in [6, 6.07) is 11.4. The Bertz CT molecular complexity index is 914. The van der Waals surface area contributed by atoms with Gasteiger partial charge >= 0.3 is 0 Å². The molecule has 0 saturated carbocycles. The van der Waals surface area contributed by atoms with Gasteiger partial charge in [0.2, 0.25) is 0 Å². The summed E-state index contributed by atoms with van der Waals surface area (Å²) in [5, 5.41) is 0.982. The summed E-state index contributed by atoms with van der Waals surface area (Å²) in [5.74, 6) is -0.00880. The number of carbonyl (C=O) groups is 1. The van der Waals surface area contributed by atoms with E-state index in [0.717, 1.165) is 0 Å². The fourth-order valence-corrected chi connectivity index (χ4v) is 3.70. The number of methoxy groups -OCH3 is 1. The van der Waals surface area contributed by atoms with E-state index >= 15 is 0 Å². The number of rotatable bonds is 4. The van der Waals surface area contributed by atoms with Crippen molar-refractivity contribution in [2.24, 2.45) is 4.99 Å². The summed E-state index contributed by atoms with van der Waals surface area (Å²) in [6.07, 6.45) is 1.71. The Hall–Kier alpha value is -2.31. The maximum absolute atomic E-state index is 13.9. The van der Waals surface area contributed by atoms with Crippen molar-refractivity contribution in [2.45, 2.75) is 6.92 Å². The van der Waals surface area contributed by atoms with Crippen LogP contribution < -0.4 is 4.74 Å². The highest BCUT2D eigenvalue weighted by molar-refractivity contribution is 8.18. The zero-order valence-electron chi connectivity index (χ0n) is 14.2. The molecule has 1 amide bonds. The second-order valence-electron chi connectivity index (χ2n) is 5.39. The van der Waals surface area contributed by atoms with Crippen LogP contribution in [0.3, 0.4) is 0 Å². The smallest absolute Gasteiger partial charge is 0.266 e. The number of ether oxygens (including phenoxy) is 1. The van der Waals surface area contributed by atoms with Crippen LogP contribution in [-0.2, 0) is 4.79 Å². The van der Waals surface area contributed by atoms with Crippen LogP contribution in [0.5, 0.6) is 5.75 Å². The number of nitrogens with zero attached hydrogens (tertiary/aromatic N) is 2. The number of amidine groups is 1. The Morgan fingerprint density at radius 1 is 1.31 bits per heavy atom. The Balaban J connectivity index is 2.00. The van der Waals surface area contributed by atoms with Crippen LogP contribution in [0, 0.1) is 5.82 Å². The molecule has 1 aliphatic heterocycles. The van der Waals surface area contributed by atoms with Crippen LogP contribution in [0.15, 0.2) is 52.4 Å². The quantitative estimate of drug-likeness (QED) is 0.681. The maximum atomic E-state index is 13.9. The predicted octanol–water partition coefficient (Wildman–Crippen LogP) is 5.11. The number of para-hydroxylation sites is 1. The number of benzene rings is 2. The fraction of sp³-hybridized carbons (Fsp3) is 0.158. The first-order chi connectivity index (χ1) is 12.5. The Morgan fingerprint density at radius 3 is 2.77 bits per heavy atom. The van der Waals surface area contributed by atoms with Gasteiger partial charge in [-0.3, -0.25) is 9.69 Å². The number of thioether (sulfide) groups is 1. The van der Waals surface area contributed by atoms with Crippen molar-refractivity contribution in [1.82, 2.24) is 4.90 Å². The van der Waals surface area contributed by atoms with Gasteiger partial charge in [-0.25, -0.2) is 9.38 Å². The van der Waals surface area contributed by atoms with Gasteiger partial charge in [0.1, 0.15) is 17.3 Å². The summed E-state index contributed by atoms with van der Waals surface area (Å²) in [6.45, 7) is 2.28. The van der Waals surface area contributed by atoms with Crippen LogP contribution in [0.4, 0.5) is 10.1 Å². The van der Waals surface area contributed by atoms with Crippen LogP contribution in [-0.4, -0.2) is 29.6 Å². The van der Waals surface area contributed by atoms with E-state index in [2.05, 4.69) is 4.99 Å². The Kier molecular flexibility index (Phi) is 5.64.